The summed E-state index contributed by atoms with van der Waals surface area (Å²) in [7, 11) is 0. The summed E-state index contributed by atoms with van der Waals surface area (Å²) in [6, 6.07) is 10.9. The lowest BCUT2D eigenvalue weighted by molar-refractivity contribution is -0.00641. The lowest BCUT2D eigenvalue weighted by Gasteiger charge is -2.20. The van der Waals surface area contributed by atoms with Crippen LogP contribution in [-0.2, 0) is 4.74 Å². The molecular formula is C26H22O11. The van der Waals surface area contributed by atoms with E-state index >= 15 is 0 Å². The van der Waals surface area contributed by atoms with Crippen molar-refractivity contribution < 1.29 is 42.8 Å². The molecule has 2 heterocycles. The number of aromatic carboxylic acids is 2. The van der Waals surface area contributed by atoms with E-state index in [0.717, 1.165) is 12.1 Å². The highest BCUT2D eigenvalue weighted by atomic mass is 16.6. The Bertz CT molecular complexity index is 1470. The summed E-state index contributed by atoms with van der Waals surface area (Å²) in [6.07, 6.45) is 0.0865. The number of fused-ring (bicyclic) bond motifs is 2. The van der Waals surface area contributed by atoms with Gasteiger partial charge in [0.25, 0.3) is 0 Å². The number of carbonyl (C=O) groups is 2. The van der Waals surface area contributed by atoms with E-state index in [1.54, 1.807) is 24.3 Å². The van der Waals surface area contributed by atoms with Crippen molar-refractivity contribution in [3.8, 4) is 11.5 Å². The maximum atomic E-state index is 12.5. The van der Waals surface area contributed by atoms with Gasteiger partial charge in [0.2, 0.25) is 11.5 Å². The minimum atomic E-state index is -1.36. The van der Waals surface area contributed by atoms with Crippen LogP contribution in [0.1, 0.15) is 34.5 Å². The molecule has 0 fully saturated rings. The zero-order valence-corrected chi connectivity index (χ0v) is 19.6. The van der Waals surface area contributed by atoms with E-state index < -0.39 is 40.4 Å². The Hall–Kier alpha value is -4.64. The fourth-order valence-electron chi connectivity index (χ4n) is 3.60. The van der Waals surface area contributed by atoms with Gasteiger partial charge in [0.05, 0.1) is 0 Å². The lowest BCUT2D eigenvalue weighted by Crippen LogP contribution is -2.29. The van der Waals surface area contributed by atoms with Crippen molar-refractivity contribution in [3.63, 3.8) is 0 Å². The average Bonchev–Trinajstić information content (AvgIpc) is 2.87. The zero-order valence-electron chi connectivity index (χ0n) is 19.6. The van der Waals surface area contributed by atoms with Gasteiger partial charge in [-0.05, 0) is 30.7 Å². The zero-order chi connectivity index (χ0) is 26.5. The molecule has 0 unspecified atom stereocenters. The first kappa shape index (κ1) is 25.5. The summed E-state index contributed by atoms with van der Waals surface area (Å²) in [5.74, 6) is -3.33. The van der Waals surface area contributed by atoms with E-state index in [2.05, 4.69) is 0 Å². The van der Waals surface area contributed by atoms with Crippen LogP contribution in [0.2, 0.25) is 0 Å². The minimum absolute atomic E-state index is 0.0399. The minimum Gasteiger partial charge on any atom is -0.490 e. The van der Waals surface area contributed by atoms with Crippen molar-refractivity contribution in [1.82, 2.24) is 0 Å². The number of rotatable bonds is 11. The Morgan fingerprint density at radius 2 is 1.27 bits per heavy atom. The monoisotopic (exact) mass is 510 g/mol. The summed E-state index contributed by atoms with van der Waals surface area (Å²) in [5.41, 5.74) is -1.01. The summed E-state index contributed by atoms with van der Waals surface area (Å²) in [4.78, 5) is 47.5. The first-order valence-electron chi connectivity index (χ1n) is 11.3. The predicted octanol–water partition coefficient (Wildman–Crippen LogP) is 3.55. The average molecular weight is 510 g/mol. The van der Waals surface area contributed by atoms with Gasteiger partial charge in [0, 0.05) is 18.7 Å². The SMILES string of the molecule is CCCOC(COc1cccc2oc(C(=O)O)cc(=O)c12)COc1cccc2oc(C(=O)O)cc(=O)c12. The largest absolute Gasteiger partial charge is 0.490 e. The molecule has 0 amide bonds. The molecule has 0 spiro atoms. The van der Waals surface area contributed by atoms with Gasteiger partial charge in [0.1, 0.15) is 52.8 Å². The third-order valence-electron chi connectivity index (χ3n) is 5.26. The normalized spacial score (nSPS) is 11.2. The molecular weight excluding hydrogens is 488 g/mol. The number of hydrogen-bond donors (Lipinski definition) is 2. The van der Waals surface area contributed by atoms with Crippen molar-refractivity contribution in [1.29, 1.82) is 0 Å². The smallest absolute Gasteiger partial charge is 0.371 e. The van der Waals surface area contributed by atoms with Crippen LogP contribution in [0.5, 0.6) is 11.5 Å². The molecule has 4 aromatic rings. The van der Waals surface area contributed by atoms with Crippen LogP contribution in [-0.4, -0.2) is 48.1 Å². The second-order valence-corrected chi connectivity index (χ2v) is 7.93. The molecule has 4 rings (SSSR count). The van der Waals surface area contributed by atoms with Crippen LogP contribution in [0.15, 0.2) is 67.0 Å². The molecule has 2 N–H and O–H groups in total. The molecule has 2 aromatic carbocycles. The Morgan fingerprint density at radius 1 is 0.811 bits per heavy atom. The van der Waals surface area contributed by atoms with Crippen LogP contribution in [0.3, 0.4) is 0 Å². The fourth-order valence-corrected chi connectivity index (χ4v) is 3.60. The van der Waals surface area contributed by atoms with Crippen LogP contribution in [0.25, 0.3) is 21.9 Å². The van der Waals surface area contributed by atoms with Crippen molar-refractivity contribution in [2.24, 2.45) is 0 Å². The number of carboxylic acids is 2. The number of hydrogen-bond acceptors (Lipinski definition) is 9. The van der Waals surface area contributed by atoms with E-state index in [-0.39, 0.29) is 46.7 Å². The Labute approximate surface area is 208 Å². The van der Waals surface area contributed by atoms with Crippen LogP contribution >= 0.6 is 0 Å². The van der Waals surface area contributed by atoms with E-state index in [0.29, 0.717) is 13.0 Å². The summed E-state index contributed by atoms with van der Waals surface area (Å²) >= 11 is 0. The van der Waals surface area contributed by atoms with Crippen molar-refractivity contribution >= 4 is 33.9 Å². The Kier molecular flexibility index (Phi) is 7.54. The molecule has 0 aliphatic rings. The first-order chi connectivity index (χ1) is 17.8. The third kappa shape index (κ3) is 5.62. The van der Waals surface area contributed by atoms with Crippen LogP contribution in [0.4, 0.5) is 0 Å². The molecule has 0 aliphatic heterocycles. The molecule has 11 heteroatoms. The lowest BCUT2D eigenvalue weighted by atomic mass is 10.2. The van der Waals surface area contributed by atoms with Crippen molar-refractivity contribution in [2.75, 3.05) is 19.8 Å². The molecule has 2 aromatic heterocycles. The molecule has 0 saturated heterocycles. The fraction of sp³-hybridized carbons (Fsp3) is 0.231. The number of ether oxygens (including phenoxy) is 3. The van der Waals surface area contributed by atoms with E-state index in [4.69, 9.17) is 33.3 Å². The maximum absolute atomic E-state index is 12.5. The first-order valence-corrected chi connectivity index (χ1v) is 11.3. The number of benzene rings is 2. The Balaban J connectivity index is 1.55. The van der Waals surface area contributed by atoms with Crippen molar-refractivity contribution in [2.45, 2.75) is 19.4 Å². The summed E-state index contributed by atoms with van der Waals surface area (Å²) in [5, 5.41) is 18.4. The van der Waals surface area contributed by atoms with Crippen LogP contribution in [0, 0.1) is 0 Å². The molecule has 0 radical (unpaired) electrons. The third-order valence-corrected chi connectivity index (χ3v) is 5.26. The van der Waals surface area contributed by atoms with E-state index in [1.165, 1.54) is 12.1 Å². The molecule has 37 heavy (non-hydrogen) atoms. The standard InChI is InChI=1S/C26H22O11/c1-2-9-33-14(12-34-17-5-3-7-19-23(17)15(27)10-21(36-19)25(29)30)13-35-18-6-4-8-20-24(18)16(28)11-22(37-20)26(31)32/h3-8,10-11,14H,2,9,12-13H2,1H3,(H,29,30)(H,31,32). The summed E-state index contributed by atoms with van der Waals surface area (Å²) < 4.78 is 28.1. The van der Waals surface area contributed by atoms with Gasteiger partial charge in [-0.1, -0.05) is 19.1 Å². The highest BCUT2D eigenvalue weighted by Crippen LogP contribution is 2.25. The quantitative estimate of drug-likeness (QED) is 0.303. The molecule has 0 atom stereocenters. The molecule has 192 valence electrons. The van der Waals surface area contributed by atoms with E-state index in [1.807, 2.05) is 6.92 Å². The van der Waals surface area contributed by atoms with Crippen LogP contribution < -0.4 is 20.3 Å². The van der Waals surface area contributed by atoms with Gasteiger partial charge in [-0.2, -0.15) is 0 Å². The van der Waals surface area contributed by atoms with Gasteiger partial charge >= 0.3 is 11.9 Å². The second kappa shape index (κ2) is 11.0. The molecule has 11 nitrogen and oxygen atoms in total. The van der Waals surface area contributed by atoms with Gasteiger partial charge in [-0.25, -0.2) is 9.59 Å². The van der Waals surface area contributed by atoms with Gasteiger partial charge in [-0.3, -0.25) is 9.59 Å². The maximum Gasteiger partial charge on any atom is 0.371 e. The van der Waals surface area contributed by atoms with Gasteiger partial charge in [0.15, 0.2) is 10.9 Å². The van der Waals surface area contributed by atoms with E-state index in [9.17, 15) is 19.2 Å². The predicted molar refractivity (Wildman–Crippen MR) is 130 cm³/mol. The molecule has 0 aliphatic carbocycles. The number of carboxylic acid groups (broad SMARTS) is 2. The van der Waals surface area contributed by atoms with Crippen molar-refractivity contribution in [3.05, 3.63) is 80.5 Å². The highest BCUT2D eigenvalue weighted by molar-refractivity contribution is 5.90. The second-order valence-electron chi connectivity index (χ2n) is 7.93. The van der Waals surface area contributed by atoms with Gasteiger partial charge in [-0.15, -0.1) is 0 Å². The summed E-state index contributed by atoms with van der Waals surface area (Å²) in [6.45, 7) is 2.23. The van der Waals surface area contributed by atoms with Gasteiger partial charge < -0.3 is 33.3 Å². The topological polar surface area (TPSA) is 163 Å². The molecule has 0 bridgehead atoms. The Morgan fingerprint density at radius 3 is 1.68 bits per heavy atom. The molecule has 0 saturated carbocycles. The highest BCUT2D eigenvalue weighted by Gasteiger charge is 2.19.